The van der Waals surface area contributed by atoms with E-state index in [0.717, 1.165) is 16.0 Å². The Bertz CT molecular complexity index is 1290. The topological polar surface area (TPSA) is 88.2 Å². The quantitative estimate of drug-likeness (QED) is 0.429. The zero-order valence-corrected chi connectivity index (χ0v) is 26.0. The molecule has 1 N–H and O–H groups in total. The molecule has 4 rings (SSSR count). The van der Waals surface area contributed by atoms with Crippen molar-refractivity contribution >= 4 is 29.4 Å². The Hall–Kier alpha value is -3.14. The molecule has 3 amide bonds. The molecule has 8 nitrogen and oxygen atoms in total. The first-order valence-electron chi connectivity index (χ1n) is 14.3. The summed E-state index contributed by atoms with van der Waals surface area (Å²) in [4.78, 5) is 42.7. The average molecular weight is 588 g/mol. The highest BCUT2D eigenvalue weighted by atomic mass is 32.1. The number of nitrogens with zero attached hydrogens (tertiary/aromatic N) is 2. The SMILES string of the molecule is Cc1cc(-c2ccc(C3CCN(C(=O)OC(C)(C)C)CC3)c(F)c2)sc1C(=O)N1CC[C@H](NC(=O)OC(C)(C)C)C1. The van der Waals surface area contributed by atoms with Gasteiger partial charge in [0.25, 0.3) is 5.91 Å². The number of thiophene rings is 1. The number of carbonyl (C=O) groups excluding carboxylic acids is 3. The summed E-state index contributed by atoms with van der Waals surface area (Å²) in [7, 11) is 0. The molecule has 2 aliphatic rings. The number of aryl methyl sites for hydroxylation is 1. The third kappa shape index (κ3) is 7.99. The second-order valence-corrected chi connectivity index (χ2v) is 14.0. The monoisotopic (exact) mass is 587 g/mol. The fourth-order valence-electron chi connectivity index (χ4n) is 5.23. The minimum atomic E-state index is -0.584. The number of ether oxygens (including phenoxy) is 2. The number of hydrogen-bond acceptors (Lipinski definition) is 6. The van der Waals surface area contributed by atoms with Crippen LogP contribution in [-0.4, -0.2) is 71.3 Å². The summed E-state index contributed by atoms with van der Waals surface area (Å²) < 4.78 is 26.1. The lowest BCUT2D eigenvalue weighted by molar-refractivity contribution is 0.0204. The number of nitrogens with one attached hydrogen (secondary N) is 1. The summed E-state index contributed by atoms with van der Waals surface area (Å²) in [6.07, 6.45) is 1.20. The first-order chi connectivity index (χ1) is 19.1. The smallest absolute Gasteiger partial charge is 0.410 e. The first kappa shape index (κ1) is 30.8. The summed E-state index contributed by atoms with van der Waals surface area (Å²) in [5.41, 5.74) is 1.10. The third-order valence-electron chi connectivity index (χ3n) is 7.18. The molecule has 0 aliphatic carbocycles. The molecule has 0 radical (unpaired) electrons. The van der Waals surface area contributed by atoms with Gasteiger partial charge in [-0.25, -0.2) is 14.0 Å². The predicted octanol–water partition coefficient (Wildman–Crippen LogP) is 6.72. The maximum Gasteiger partial charge on any atom is 0.410 e. The van der Waals surface area contributed by atoms with Gasteiger partial charge < -0.3 is 24.6 Å². The molecule has 1 aromatic carbocycles. The number of alkyl carbamates (subject to hydrolysis) is 1. The van der Waals surface area contributed by atoms with Crippen LogP contribution in [0.2, 0.25) is 0 Å². The van der Waals surface area contributed by atoms with Crippen LogP contribution in [-0.2, 0) is 9.47 Å². The van der Waals surface area contributed by atoms with E-state index in [1.54, 1.807) is 15.9 Å². The van der Waals surface area contributed by atoms with Crippen molar-refractivity contribution in [3.05, 3.63) is 46.1 Å². The molecule has 0 saturated carbocycles. The van der Waals surface area contributed by atoms with Crippen LogP contribution < -0.4 is 5.32 Å². The van der Waals surface area contributed by atoms with E-state index in [4.69, 9.17) is 9.47 Å². The molecular formula is C31H42FN3O5S. The second kappa shape index (κ2) is 12.0. The molecule has 0 spiro atoms. The van der Waals surface area contributed by atoms with Gasteiger partial charge in [0.05, 0.1) is 10.9 Å². The van der Waals surface area contributed by atoms with Crippen LogP contribution in [0.5, 0.6) is 0 Å². The van der Waals surface area contributed by atoms with Gasteiger partial charge in [-0.1, -0.05) is 12.1 Å². The minimum absolute atomic E-state index is 0.0300. The van der Waals surface area contributed by atoms with Gasteiger partial charge in [0, 0.05) is 31.1 Å². The highest BCUT2D eigenvalue weighted by Crippen LogP contribution is 2.36. The van der Waals surface area contributed by atoms with Crippen molar-refractivity contribution in [2.75, 3.05) is 26.2 Å². The minimum Gasteiger partial charge on any atom is -0.444 e. The van der Waals surface area contributed by atoms with E-state index >= 15 is 4.39 Å². The Labute approximate surface area is 246 Å². The molecular weight excluding hydrogens is 545 g/mol. The second-order valence-electron chi connectivity index (χ2n) is 13.0. The lowest BCUT2D eigenvalue weighted by atomic mass is 9.88. The molecule has 2 aromatic rings. The van der Waals surface area contributed by atoms with Gasteiger partial charge in [0.15, 0.2) is 0 Å². The number of amides is 3. The third-order valence-corrected chi connectivity index (χ3v) is 8.45. The van der Waals surface area contributed by atoms with E-state index < -0.39 is 17.3 Å². The van der Waals surface area contributed by atoms with Gasteiger partial charge in [-0.2, -0.15) is 0 Å². The Morgan fingerprint density at radius 2 is 1.56 bits per heavy atom. The number of benzene rings is 1. The summed E-state index contributed by atoms with van der Waals surface area (Å²) >= 11 is 1.36. The van der Waals surface area contributed by atoms with Crippen molar-refractivity contribution < 1.29 is 28.2 Å². The van der Waals surface area contributed by atoms with E-state index in [9.17, 15) is 14.4 Å². The van der Waals surface area contributed by atoms with Crippen LogP contribution in [0, 0.1) is 12.7 Å². The Balaban J connectivity index is 1.37. The molecule has 41 heavy (non-hydrogen) atoms. The largest absolute Gasteiger partial charge is 0.444 e. The number of rotatable bonds is 4. The summed E-state index contributed by atoms with van der Waals surface area (Å²) in [5.74, 6) is -0.323. The molecule has 0 unspecified atom stereocenters. The van der Waals surface area contributed by atoms with Crippen LogP contribution in [0.15, 0.2) is 24.3 Å². The molecule has 1 aromatic heterocycles. The van der Waals surface area contributed by atoms with Crippen molar-refractivity contribution in [1.29, 1.82) is 0 Å². The number of likely N-dealkylation sites (tertiary alicyclic amines) is 2. The van der Waals surface area contributed by atoms with Gasteiger partial charge in [-0.15, -0.1) is 11.3 Å². The fraction of sp³-hybridized carbons (Fsp3) is 0.581. The molecule has 1 atom stereocenters. The molecule has 0 bridgehead atoms. The van der Waals surface area contributed by atoms with Gasteiger partial charge in [0.1, 0.15) is 17.0 Å². The Morgan fingerprint density at radius 1 is 0.927 bits per heavy atom. The van der Waals surface area contributed by atoms with Gasteiger partial charge >= 0.3 is 12.2 Å². The number of carbonyl (C=O) groups is 3. The highest BCUT2D eigenvalue weighted by Gasteiger charge is 2.32. The van der Waals surface area contributed by atoms with Crippen molar-refractivity contribution in [2.24, 2.45) is 0 Å². The van der Waals surface area contributed by atoms with E-state index in [-0.39, 0.29) is 29.8 Å². The first-order valence-corrected chi connectivity index (χ1v) is 15.1. The standard InChI is InChI=1S/C31H42FN3O5S/c1-19-16-25(41-26(19)27(36)35-15-12-22(18-35)33-28(37)39-30(2,3)4)21-8-9-23(24(32)17-21)20-10-13-34(14-11-20)29(38)40-31(5,6)7/h8-9,16-17,20,22H,10-15,18H2,1-7H3,(H,33,37)/t22-/m0/s1. The lowest BCUT2D eigenvalue weighted by Gasteiger charge is -2.33. The van der Waals surface area contributed by atoms with Crippen molar-refractivity contribution in [3.63, 3.8) is 0 Å². The molecule has 224 valence electrons. The Morgan fingerprint density at radius 3 is 2.17 bits per heavy atom. The average Bonchev–Trinajstić information content (AvgIpc) is 3.48. The van der Waals surface area contributed by atoms with Crippen molar-refractivity contribution in [3.8, 4) is 10.4 Å². The maximum atomic E-state index is 15.3. The van der Waals surface area contributed by atoms with E-state index in [2.05, 4.69) is 5.32 Å². The van der Waals surface area contributed by atoms with Gasteiger partial charge in [-0.05, 0) is 102 Å². The number of piperidine rings is 1. The fourth-order valence-corrected chi connectivity index (χ4v) is 6.36. The van der Waals surface area contributed by atoms with Gasteiger partial charge in [-0.3, -0.25) is 4.79 Å². The zero-order valence-electron chi connectivity index (χ0n) is 25.1. The van der Waals surface area contributed by atoms with Crippen LogP contribution in [0.25, 0.3) is 10.4 Å². The van der Waals surface area contributed by atoms with Crippen LogP contribution in [0.4, 0.5) is 14.0 Å². The lowest BCUT2D eigenvalue weighted by Crippen LogP contribution is -2.41. The zero-order chi connectivity index (χ0) is 30.1. The molecule has 2 aliphatic heterocycles. The van der Waals surface area contributed by atoms with E-state index in [0.29, 0.717) is 55.9 Å². The summed E-state index contributed by atoms with van der Waals surface area (Å²) in [5, 5.41) is 2.85. The van der Waals surface area contributed by atoms with E-state index in [1.807, 2.05) is 66.7 Å². The van der Waals surface area contributed by atoms with E-state index in [1.165, 1.54) is 11.3 Å². The van der Waals surface area contributed by atoms with Crippen molar-refractivity contribution in [2.45, 2.75) is 90.9 Å². The van der Waals surface area contributed by atoms with Gasteiger partial charge in [0.2, 0.25) is 0 Å². The number of halogens is 1. The summed E-state index contributed by atoms with van der Waals surface area (Å²) in [6, 6.07) is 7.06. The normalized spacial score (nSPS) is 18.4. The molecule has 2 saturated heterocycles. The van der Waals surface area contributed by atoms with Crippen LogP contribution >= 0.6 is 11.3 Å². The molecule has 10 heteroatoms. The predicted molar refractivity (Wildman–Crippen MR) is 158 cm³/mol. The summed E-state index contributed by atoms with van der Waals surface area (Å²) in [6.45, 7) is 14.9. The molecule has 3 heterocycles. The molecule has 2 fully saturated rings. The van der Waals surface area contributed by atoms with Crippen molar-refractivity contribution in [1.82, 2.24) is 15.1 Å². The Kier molecular flexibility index (Phi) is 9.01. The van der Waals surface area contributed by atoms with Crippen LogP contribution in [0.1, 0.15) is 87.5 Å². The number of hydrogen-bond donors (Lipinski definition) is 1. The highest BCUT2D eigenvalue weighted by molar-refractivity contribution is 7.17. The van der Waals surface area contributed by atoms with Crippen LogP contribution in [0.3, 0.4) is 0 Å². The maximum absolute atomic E-state index is 15.3.